The maximum Gasteiger partial charge on any atom is 0.393 e. The number of aromatic nitrogens is 1. The van der Waals surface area contributed by atoms with E-state index in [1.54, 1.807) is 10.3 Å². The zero-order valence-corrected chi connectivity index (χ0v) is 11.8. The van der Waals surface area contributed by atoms with Crippen LogP contribution in [0, 0.1) is 5.92 Å². The smallest absolute Gasteiger partial charge is 0.393 e. The van der Waals surface area contributed by atoms with Gasteiger partial charge in [-0.3, -0.25) is 4.79 Å². The van der Waals surface area contributed by atoms with Gasteiger partial charge in [0.2, 0.25) is 0 Å². The standard InChI is InChI=1S/C12H15F3N2O2S/c1-19-10(18)5-9-7-20-11(16-9)17-4-2-3-8(6-17)12(13,14)15/h7-8H,2-6H2,1H3. The van der Waals surface area contributed by atoms with Gasteiger partial charge in [0, 0.05) is 18.5 Å². The molecule has 0 N–H and O–H groups in total. The van der Waals surface area contributed by atoms with E-state index in [9.17, 15) is 18.0 Å². The lowest BCUT2D eigenvalue weighted by atomic mass is 9.98. The van der Waals surface area contributed by atoms with Crippen LogP contribution in [-0.4, -0.2) is 37.3 Å². The van der Waals surface area contributed by atoms with Crippen LogP contribution >= 0.6 is 11.3 Å². The van der Waals surface area contributed by atoms with Crippen molar-refractivity contribution in [1.82, 2.24) is 4.98 Å². The predicted molar refractivity (Wildman–Crippen MR) is 68.8 cm³/mol. The molecule has 0 aliphatic carbocycles. The highest BCUT2D eigenvalue weighted by atomic mass is 32.1. The quantitative estimate of drug-likeness (QED) is 0.805. The molecule has 0 radical (unpaired) electrons. The first kappa shape index (κ1) is 15.1. The van der Waals surface area contributed by atoms with Crippen molar-refractivity contribution in [2.24, 2.45) is 5.92 Å². The van der Waals surface area contributed by atoms with Crippen molar-refractivity contribution in [3.8, 4) is 0 Å². The van der Waals surface area contributed by atoms with Gasteiger partial charge in [0.1, 0.15) is 0 Å². The summed E-state index contributed by atoms with van der Waals surface area (Å²) in [5.41, 5.74) is 0.533. The van der Waals surface area contributed by atoms with Crippen molar-refractivity contribution in [3.63, 3.8) is 0 Å². The van der Waals surface area contributed by atoms with Gasteiger partial charge < -0.3 is 9.64 Å². The van der Waals surface area contributed by atoms with E-state index in [0.717, 1.165) is 0 Å². The van der Waals surface area contributed by atoms with Crippen LogP contribution < -0.4 is 4.90 Å². The van der Waals surface area contributed by atoms with E-state index >= 15 is 0 Å². The third-order valence-electron chi connectivity index (χ3n) is 3.25. The molecule has 8 heteroatoms. The maximum absolute atomic E-state index is 12.7. The molecular weight excluding hydrogens is 293 g/mol. The van der Waals surface area contributed by atoms with E-state index in [1.165, 1.54) is 18.4 Å². The highest BCUT2D eigenvalue weighted by Crippen LogP contribution is 2.35. The summed E-state index contributed by atoms with van der Waals surface area (Å²) in [6.45, 7) is 0.506. The largest absolute Gasteiger partial charge is 0.469 e. The van der Waals surface area contributed by atoms with Crippen molar-refractivity contribution in [3.05, 3.63) is 11.1 Å². The van der Waals surface area contributed by atoms with E-state index in [-0.39, 0.29) is 19.4 Å². The molecule has 1 unspecified atom stereocenters. The van der Waals surface area contributed by atoms with Crippen LogP contribution in [-0.2, 0) is 16.0 Å². The Bertz CT molecular complexity index is 476. The zero-order chi connectivity index (χ0) is 14.8. The van der Waals surface area contributed by atoms with Crippen LogP contribution in [0.1, 0.15) is 18.5 Å². The third-order valence-corrected chi connectivity index (χ3v) is 4.20. The Hall–Kier alpha value is -1.31. The van der Waals surface area contributed by atoms with Crippen LogP contribution in [0.15, 0.2) is 5.38 Å². The SMILES string of the molecule is COC(=O)Cc1csc(N2CCCC(C(F)(F)F)C2)n1. The molecule has 1 saturated heterocycles. The Morgan fingerprint density at radius 1 is 1.60 bits per heavy atom. The molecule has 2 rings (SSSR count). The minimum atomic E-state index is -4.16. The van der Waals surface area contributed by atoms with E-state index in [4.69, 9.17) is 0 Å². The molecule has 0 amide bonds. The predicted octanol–water partition coefficient (Wildman–Crippen LogP) is 2.64. The third kappa shape index (κ3) is 3.62. The molecule has 0 saturated carbocycles. The van der Waals surface area contributed by atoms with Gasteiger partial charge in [-0.1, -0.05) is 0 Å². The van der Waals surface area contributed by atoms with Gasteiger partial charge in [0.05, 0.1) is 25.1 Å². The molecule has 1 aromatic heterocycles. The summed E-state index contributed by atoms with van der Waals surface area (Å²) in [5, 5.41) is 2.22. The number of esters is 1. The minimum absolute atomic E-state index is 0.0452. The van der Waals surface area contributed by atoms with Gasteiger partial charge in [-0.2, -0.15) is 13.2 Å². The number of carbonyl (C=O) groups excluding carboxylic acids is 1. The Kier molecular flexibility index (Phi) is 4.52. The van der Waals surface area contributed by atoms with Gasteiger partial charge >= 0.3 is 12.1 Å². The number of piperidine rings is 1. The van der Waals surface area contributed by atoms with Crippen LogP contribution in [0.2, 0.25) is 0 Å². The molecule has 2 heterocycles. The van der Waals surface area contributed by atoms with Crippen LogP contribution in [0.5, 0.6) is 0 Å². The lowest BCUT2D eigenvalue weighted by molar-refractivity contribution is -0.176. The fourth-order valence-electron chi connectivity index (χ4n) is 2.16. The number of thiazole rings is 1. The van der Waals surface area contributed by atoms with Gasteiger partial charge in [-0.05, 0) is 12.8 Å². The van der Waals surface area contributed by atoms with E-state index < -0.39 is 18.1 Å². The summed E-state index contributed by atoms with van der Waals surface area (Å²) in [6, 6.07) is 0. The fourth-order valence-corrected chi connectivity index (χ4v) is 3.02. The zero-order valence-electron chi connectivity index (χ0n) is 10.9. The number of anilines is 1. The lowest BCUT2D eigenvalue weighted by Crippen LogP contribution is -2.41. The second-order valence-corrected chi connectivity index (χ2v) is 5.54. The monoisotopic (exact) mass is 308 g/mol. The van der Waals surface area contributed by atoms with Crippen LogP contribution in [0.4, 0.5) is 18.3 Å². The number of hydrogen-bond acceptors (Lipinski definition) is 5. The van der Waals surface area contributed by atoms with Gasteiger partial charge in [-0.15, -0.1) is 11.3 Å². The number of nitrogens with zero attached hydrogens (tertiary/aromatic N) is 2. The van der Waals surface area contributed by atoms with E-state index in [0.29, 0.717) is 23.8 Å². The first-order valence-corrected chi connectivity index (χ1v) is 7.11. The molecule has 4 nitrogen and oxygen atoms in total. The van der Waals surface area contributed by atoms with Crippen molar-refractivity contribution in [1.29, 1.82) is 0 Å². The summed E-state index contributed by atoms with van der Waals surface area (Å²) in [7, 11) is 1.29. The number of alkyl halides is 3. The topological polar surface area (TPSA) is 42.4 Å². The fraction of sp³-hybridized carbons (Fsp3) is 0.667. The van der Waals surface area contributed by atoms with Gasteiger partial charge in [0.25, 0.3) is 0 Å². The summed E-state index contributed by atoms with van der Waals surface area (Å²) in [4.78, 5) is 17.0. The molecule has 0 bridgehead atoms. The summed E-state index contributed by atoms with van der Waals surface area (Å²) >= 11 is 1.26. The molecule has 1 fully saturated rings. The van der Waals surface area contributed by atoms with Crippen molar-refractivity contribution in [2.75, 3.05) is 25.1 Å². The van der Waals surface area contributed by atoms with Crippen molar-refractivity contribution in [2.45, 2.75) is 25.4 Å². The number of halogens is 3. The number of rotatable bonds is 3. The van der Waals surface area contributed by atoms with E-state index in [2.05, 4.69) is 9.72 Å². The number of carbonyl (C=O) groups is 1. The molecule has 112 valence electrons. The van der Waals surface area contributed by atoms with Crippen LogP contribution in [0.25, 0.3) is 0 Å². The van der Waals surface area contributed by atoms with Gasteiger partial charge in [0.15, 0.2) is 5.13 Å². The molecule has 0 aromatic carbocycles. The minimum Gasteiger partial charge on any atom is -0.469 e. The summed E-state index contributed by atoms with van der Waals surface area (Å²) in [5.74, 6) is -1.71. The molecule has 1 aromatic rings. The normalized spacial score (nSPS) is 20.0. The average molecular weight is 308 g/mol. The molecule has 1 atom stereocenters. The van der Waals surface area contributed by atoms with Gasteiger partial charge in [-0.25, -0.2) is 4.98 Å². The number of hydrogen-bond donors (Lipinski definition) is 0. The Balaban J connectivity index is 2.02. The van der Waals surface area contributed by atoms with Crippen molar-refractivity contribution >= 4 is 22.4 Å². The molecule has 1 aliphatic rings. The number of ether oxygens (including phenoxy) is 1. The summed E-state index contributed by atoms with van der Waals surface area (Å²) in [6.07, 6.45) is -3.45. The van der Waals surface area contributed by atoms with E-state index in [1.807, 2.05) is 0 Å². The molecule has 0 spiro atoms. The van der Waals surface area contributed by atoms with Crippen molar-refractivity contribution < 1.29 is 22.7 Å². The Labute approximate surface area is 118 Å². The highest BCUT2D eigenvalue weighted by molar-refractivity contribution is 7.13. The molecule has 20 heavy (non-hydrogen) atoms. The van der Waals surface area contributed by atoms with Crippen LogP contribution in [0.3, 0.4) is 0 Å². The highest BCUT2D eigenvalue weighted by Gasteiger charge is 2.42. The first-order valence-electron chi connectivity index (χ1n) is 6.23. The second kappa shape index (κ2) is 5.99. The maximum atomic E-state index is 12.7. The lowest BCUT2D eigenvalue weighted by Gasteiger charge is -2.33. The second-order valence-electron chi connectivity index (χ2n) is 4.70. The Morgan fingerprint density at radius 3 is 3.00 bits per heavy atom. The number of methoxy groups -OCH3 is 1. The first-order chi connectivity index (χ1) is 9.40. The molecular formula is C12H15F3N2O2S. The molecule has 1 aliphatic heterocycles. The Morgan fingerprint density at radius 2 is 2.35 bits per heavy atom. The average Bonchev–Trinajstić information content (AvgIpc) is 2.86. The summed E-state index contributed by atoms with van der Waals surface area (Å²) < 4.78 is 42.8.